The summed E-state index contributed by atoms with van der Waals surface area (Å²) in [4.78, 5) is 3.80. The van der Waals surface area contributed by atoms with E-state index in [-0.39, 0.29) is 4.90 Å². The van der Waals surface area contributed by atoms with E-state index in [1.54, 1.807) is 24.4 Å². The maximum absolute atomic E-state index is 12.7. The summed E-state index contributed by atoms with van der Waals surface area (Å²) in [5.74, 6) is 0. The third kappa shape index (κ3) is 2.44. The summed E-state index contributed by atoms with van der Waals surface area (Å²) in [6, 6.07) is 7.34. The van der Waals surface area contributed by atoms with Crippen LogP contribution in [0.3, 0.4) is 0 Å². The van der Waals surface area contributed by atoms with E-state index in [9.17, 15) is 13.2 Å². The van der Waals surface area contributed by atoms with Crippen molar-refractivity contribution in [1.82, 2.24) is 4.98 Å². The average Bonchev–Trinajstić information content (AvgIpc) is 2.29. The van der Waals surface area contributed by atoms with E-state index in [0.717, 1.165) is 6.07 Å². The zero-order valence-electron chi connectivity index (χ0n) is 8.57. The molecule has 0 saturated carbocycles. The Labute approximate surface area is 102 Å². The quantitative estimate of drug-likeness (QED) is 0.758. The Morgan fingerprint density at radius 2 is 1.82 bits per heavy atom. The van der Waals surface area contributed by atoms with Gasteiger partial charge in [-0.15, -0.1) is 12.6 Å². The first-order valence-electron chi connectivity index (χ1n) is 4.79. The molecule has 0 aliphatic carbocycles. The molecule has 0 unspecified atom stereocenters. The van der Waals surface area contributed by atoms with Crippen molar-refractivity contribution < 1.29 is 13.2 Å². The maximum Gasteiger partial charge on any atom is 0.417 e. The molecule has 5 heteroatoms. The topological polar surface area (TPSA) is 12.9 Å². The van der Waals surface area contributed by atoms with Crippen LogP contribution in [-0.4, -0.2) is 4.98 Å². The molecule has 0 aliphatic rings. The Morgan fingerprint density at radius 1 is 1.06 bits per heavy atom. The molecule has 0 fully saturated rings. The molecular weight excluding hydrogens is 247 g/mol. The zero-order chi connectivity index (χ0) is 12.5. The first kappa shape index (κ1) is 12.0. The van der Waals surface area contributed by atoms with Crippen molar-refractivity contribution in [3.63, 3.8) is 0 Å². The Kier molecular flexibility index (Phi) is 3.11. The van der Waals surface area contributed by atoms with Crippen LogP contribution in [-0.2, 0) is 6.18 Å². The van der Waals surface area contributed by atoms with Gasteiger partial charge in [0.15, 0.2) is 0 Å². The molecule has 0 amide bonds. The van der Waals surface area contributed by atoms with E-state index < -0.39 is 11.7 Å². The Hall–Kier alpha value is -1.49. The molecule has 1 aromatic carbocycles. The third-order valence-electron chi connectivity index (χ3n) is 2.31. The smallest absolute Gasteiger partial charge is 0.264 e. The average molecular weight is 255 g/mol. The SMILES string of the molecule is FC(F)(F)c1cccc(-c2cccnc2)c1S. The highest BCUT2D eigenvalue weighted by molar-refractivity contribution is 7.80. The van der Waals surface area contributed by atoms with Crippen LogP contribution in [0.5, 0.6) is 0 Å². The van der Waals surface area contributed by atoms with Crippen molar-refractivity contribution in [3.05, 3.63) is 48.3 Å². The second-order valence-corrected chi connectivity index (χ2v) is 3.89. The van der Waals surface area contributed by atoms with Crippen molar-refractivity contribution in [2.45, 2.75) is 11.1 Å². The lowest BCUT2D eigenvalue weighted by Gasteiger charge is -2.12. The zero-order valence-corrected chi connectivity index (χ0v) is 9.46. The molecule has 0 radical (unpaired) electrons. The Bertz CT molecular complexity index is 523. The van der Waals surface area contributed by atoms with E-state index in [0.29, 0.717) is 11.1 Å². The van der Waals surface area contributed by atoms with Gasteiger partial charge >= 0.3 is 6.18 Å². The lowest BCUT2D eigenvalue weighted by Crippen LogP contribution is -2.06. The lowest BCUT2D eigenvalue weighted by atomic mass is 10.0. The van der Waals surface area contributed by atoms with Crippen molar-refractivity contribution in [2.75, 3.05) is 0 Å². The minimum Gasteiger partial charge on any atom is -0.264 e. The summed E-state index contributed by atoms with van der Waals surface area (Å²) in [5.41, 5.74) is 0.307. The molecule has 0 bridgehead atoms. The first-order valence-corrected chi connectivity index (χ1v) is 5.24. The van der Waals surface area contributed by atoms with E-state index >= 15 is 0 Å². The van der Waals surface area contributed by atoms with Crippen molar-refractivity contribution >= 4 is 12.6 Å². The van der Waals surface area contributed by atoms with E-state index in [1.807, 2.05) is 0 Å². The number of nitrogens with zero attached hydrogens (tertiary/aromatic N) is 1. The fourth-order valence-electron chi connectivity index (χ4n) is 1.53. The molecule has 0 aliphatic heterocycles. The molecule has 2 aromatic rings. The number of pyridine rings is 1. The summed E-state index contributed by atoms with van der Waals surface area (Å²) in [5, 5.41) is 0. The number of benzene rings is 1. The van der Waals surface area contributed by atoms with E-state index in [4.69, 9.17) is 0 Å². The Balaban J connectivity index is 2.58. The predicted molar refractivity (Wildman–Crippen MR) is 61.9 cm³/mol. The van der Waals surface area contributed by atoms with Gasteiger partial charge in [-0.2, -0.15) is 13.2 Å². The molecule has 2 rings (SSSR count). The van der Waals surface area contributed by atoms with Crippen LogP contribution >= 0.6 is 12.6 Å². The summed E-state index contributed by atoms with van der Waals surface area (Å²) in [6.07, 6.45) is -1.32. The Morgan fingerprint density at radius 3 is 2.41 bits per heavy atom. The summed E-state index contributed by atoms with van der Waals surface area (Å²) in [6.45, 7) is 0. The number of aromatic nitrogens is 1. The first-order chi connectivity index (χ1) is 8.00. The third-order valence-corrected chi connectivity index (χ3v) is 2.80. The van der Waals surface area contributed by atoms with Gasteiger partial charge in [0.05, 0.1) is 5.56 Å². The van der Waals surface area contributed by atoms with Crippen LogP contribution in [0.4, 0.5) is 13.2 Å². The van der Waals surface area contributed by atoms with Crippen molar-refractivity contribution in [1.29, 1.82) is 0 Å². The van der Waals surface area contributed by atoms with E-state index in [2.05, 4.69) is 17.6 Å². The van der Waals surface area contributed by atoms with Crippen LogP contribution in [0.2, 0.25) is 0 Å². The van der Waals surface area contributed by atoms with Gasteiger partial charge < -0.3 is 0 Å². The highest BCUT2D eigenvalue weighted by Crippen LogP contribution is 2.38. The summed E-state index contributed by atoms with van der Waals surface area (Å²) < 4.78 is 38.0. The standard InChI is InChI=1S/C12H8F3NS/c13-12(14,15)10-5-1-4-9(11(10)17)8-3-2-6-16-7-8/h1-7,17H. The van der Waals surface area contributed by atoms with Gasteiger partial charge in [0.25, 0.3) is 0 Å². The van der Waals surface area contributed by atoms with Gasteiger partial charge in [0.1, 0.15) is 0 Å². The molecule has 0 atom stereocenters. The molecule has 1 heterocycles. The minimum absolute atomic E-state index is 0.0759. The number of thiol groups is 1. The second kappa shape index (κ2) is 4.41. The molecular formula is C12H8F3NS. The fourth-order valence-corrected chi connectivity index (χ4v) is 1.93. The number of hydrogen-bond acceptors (Lipinski definition) is 2. The second-order valence-electron chi connectivity index (χ2n) is 3.44. The molecule has 0 N–H and O–H groups in total. The highest BCUT2D eigenvalue weighted by Gasteiger charge is 2.33. The maximum atomic E-state index is 12.7. The van der Waals surface area contributed by atoms with Crippen LogP contribution in [0.25, 0.3) is 11.1 Å². The van der Waals surface area contributed by atoms with Gasteiger partial charge in [-0.1, -0.05) is 18.2 Å². The van der Waals surface area contributed by atoms with Crippen LogP contribution in [0, 0.1) is 0 Å². The van der Waals surface area contributed by atoms with Gasteiger partial charge in [0, 0.05) is 22.9 Å². The normalized spacial score (nSPS) is 11.5. The van der Waals surface area contributed by atoms with Gasteiger partial charge in [-0.25, -0.2) is 0 Å². The van der Waals surface area contributed by atoms with Crippen molar-refractivity contribution in [3.8, 4) is 11.1 Å². The van der Waals surface area contributed by atoms with Crippen LogP contribution in [0.1, 0.15) is 5.56 Å². The minimum atomic E-state index is -4.39. The molecule has 0 spiro atoms. The largest absolute Gasteiger partial charge is 0.417 e. The van der Waals surface area contributed by atoms with Crippen LogP contribution in [0.15, 0.2) is 47.6 Å². The summed E-state index contributed by atoms with van der Waals surface area (Å²) in [7, 11) is 0. The monoisotopic (exact) mass is 255 g/mol. The number of hydrogen-bond donors (Lipinski definition) is 1. The van der Waals surface area contributed by atoms with Gasteiger partial charge in [-0.3, -0.25) is 4.98 Å². The predicted octanol–water partition coefficient (Wildman–Crippen LogP) is 4.06. The molecule has 17 heavy (non-hydrogen) atoms. The van der Waals surface area contributed by atoms with Gasteiger partial charge in [-0.05, 0) is 17.7 Å². The molecule has 1 nitrogen and oxygen atoms in total. The fraction of sp³-hybridized carbons (Fsp3) is 0.0833. The number of halogens is 3. The molecule has 0 saturated heterocycles. The molecule has 88 valence electrons. The lowest BCUT2D eigenvalue weighted by molar-refractivity contribution is -0.139. The van der Waals surface area contributed by atoms with Crippen LogP contribution < -0.4 is 0 Å². The van der Waals surface area contributed by atoms with E-state index in [1.165, 1.54) is 12.3 Å². The number of rotatable bonds is 1. The number of alkyl halides is 3. The van der Waals surface area contributed by atoms with Gasteiger partial charge in [0.2, 0.25) is 0 Å². The summed E-state index contributed by atoms with van der Waals surface area (Å²) >= 11 is 3.97. The molecule has 1 aromatic heterocycles. The van der Waals surface area contributed by atoms with Crippen molar-refractivity contribution in [2.24, 2.45) is 0 Å². The highest BCUT2D eigenvalue weighted by atomic mass is 32.1.